The fourth-order valence-electron chi connectivity index (χ4n) is 2.46. The molecule has 1 aliphatic rings. The van der Waals surface area contributed by atoms with Crippen LogP contribution in [0.2, 0.25) is 0 Å². The van der Waals surface area contributed by atoms with E-state index in [2.05, 4.69) is 41.4 Å². The molecule has 3 N–H and O–H groups in total. The zero-order valence-corrected chi connectivity index (χ0v) is 10.1. The quantitative estimate of drug-likeness (QED) is 0.821. The van der Waals surface area contributed by atoms with E-state index >= 15 is 0 Å². The van der Waals surface area contributed by atoms with Crippen LogP contribution >= 0.6 is 11.3 Å². The second-order valence-electron chi connectivity index (χ2n) is 4.45. The zero-order valence-electron chi connectivity index (χ0n) is 9.28. The largest absolute Gasteiger partial charge is 0.347 e. The van der Waals surface area contributed by atoms with Gasteiger partial charge in [-0.3, -0.25) is 0 Å². The molecule has 1 heterocycles. The Morgan fingerprint density at radius 3 is 2.81 bits per heavy atom. The molecule has 2 aromatic rings. The first-order valence-corrected chi connectivity index (χ1v) is 6.71. The topological polar surface area (TPSA) is 27.6 Å². The zero-order chi connectivity index (χ0) is 11.0. The maximum absolute atomic E-state index is 4.29. The Labute approximate surface area is 99.9 Å². The van der Waals surface area contributed by atoms with Crippen molar-refractivity contribution in [2.24, 2.45) is 0 Å². The van der Waals surface area contributed by atoms with E-state index in [4.69, 9.17) is 0 Å². The molecule has 0 unspecified atom stereocenters. The SMILES string of the molecule is [NH3+][C@H](c1ccc2c(c1)CCC2)c1cccs1. The molecule has 0 saturated carbocycles. The second-order valence-corrected chi connectivity index (χ2v) is 5.43. The molecular formula is C14H16NS+. The van der Waals surface area contributed by atoms with E-state index < -0.39 is 0 Å². The maximum atomic E-state index is 4.29. The molecule has 0 radical (unpaired) electrons. The molecule has 0 bridgehead atoms. The monoisotopic (exact) mass is 230 g/mol. The van der Waals surface area contributed by atoms with E-state index in [1.165, 1.54) is 29.7 Å². The van der Waals surface area contributed by atoms with Gasteiger partial charge in [0.2, 0.25) is 0 Å². The van der Waals surface area contributed by atoms with Crippen LogP contribution < -0.4 is 5.73 Å². The fourth-order valence-corrected chi connectivity index (χ4v) is 3.23. The van der Waals surface area contributed by atoms with E-state index in [-0.39, 0.29) is 0 Å². The summed E-state index contributed by atoms with van der Waals surface area (Å²) in [6.07, 6.45) is 3.83. The van der Waals surface area contributed by atoms with Gasteiger partial charge in [-0.1, -0.05) is 18.2 Å². The van der Waals surface area contributed by atoms with Gasteiger partial charge in [0.1, 0.15) is 6.04 Å². The van der Waals surface area contributed by atoms with Crippen molar-refractivity contribution in [3.05, 3.63) is 57.3 Å². The summed E-state index contributed by atoms with van der Waals surface area (Å²) < 4.78 is 0. The van der Waals surface area contributed by atoms with Gasteiger partial charge in [-0.2, -0.15) is 0 Å². The van der Waals surface area contributed by atoms with Crippen LogP contribution in [0.15, 0.2) is 35.7 Å². The van der Waals surface area contributed by atoms with Gasteiger partial charge >= 0.3 is 0 Å². The number of benzene rings is 1. The number of aryl methyl sites for hydroxylation is 2. The highest BCUT2D eigenvalue weighted by atomic mass is 32.1. The molecular weight excluding hydrogens is 214 g/mol. The van der Waals surface area contributed by atoms with Crippen molar-refractivity contribution in [2.75, 3.05) is 0 Å². The lowest BCUT2D eigenvalue weighted by atomic mass is 10.0. The van der Waals surface area contributed by atoms with Crippen LogP contribution in [-0.4, -0.2) is 0 Å². The van der Waals surface area contributed by atoms with E-state index in [0.29, 0.717) is 6.04 Å². The summed E-state index contributed by atoms with van der Waals surface area (Å²) in [5.41, 5.74) is 8.74. The van der Waals surface area contributed by atoms with Gasteiger partial charge in [0.25, 0.3) is 0 Å². The number of hydrogen-bond donors (Lipinski definition) is 1. The molecule has 3 rings (SSSR count). The Morgan fingerprint density at radius 1 is 1.12 bits per heavy atom. The highest BCUT2D eigenvalue weighted by Crippen LogP contribution is 2.27. The third-order valence-electron chi connectivity index (χ3n) is 3.41. The summed E-state index contributed by atoms with van der Waals surface area (Å²) in [5, 5.41) is 2.13. The molecule has 82 valence electrons. The predicted molar refractivity (Wildman–Crippen MR) is 67.5 cm³/mol. The van der Waals surface area contributed by atoms with Crippen LogP contribution in [0.5, 0.6) is 0 Å². The Balaban J connectivity index is 1.95. The average molecular weight is 230 g/mol. The van der Waals surface area contributed by atoms with E-state index in [0.717, 1.165) is 0 Å². The van der Waals surface area contributed by atoms with Gasteiger partial charge in [-0.15, -0.1) is 11.3 Å². The highest BCUT2D eigenvalue weighted by Gasteiger charge is 2.17. The van der Waals surface area contributed by atoms with Gasteiger partial charge in [0, 0.05) is 5.56 Å². The third kappa shape index (κ3) is 1.68. The first-order valence-electron chi connectivity index (χ1n) is 5.83. The molecule has 0 amide bonds. The minimum atomic E-state index is 0.297. The van der Waals surface area contributed by atoms with E-state index in [9.17, 15) is 0 Å². The van der Waals surface area contributed by atoms with Crippen molar-refractivity contribution in [3.63, 3.8) is 0 Å². The first kappa shape index (κ1) is 10.1. The van der Waals surface area contributed by atoms with Gasteiger partial charge in [0.05, 0.1) is 4.88 Å². The molecule has 0 spiro atoms. The van der Waals surface area contributed by atoms with Crippen LogP contribution in [-0.2, 0) is 12.8 Å². The molecule has 2 heteroatoms. The molecule has 1 aliphatic carbocycles. The normalized spacial score (nSPS) is 16.1. The Kier molecular flexibility index (Phi) is 2.54. The molecule has 0 aliphatic heterocycles. The van der Waals surface area contributed by atoms with Crippen LogP contribution in [0, 0.1) is 0 Å². The van der Waals surface area contributed by atoms with Crippen LogP contribution in [0.4, 0.5) is 0 Å². The van der Waals surface area contributed by atoms with E-state index in [1.54, 1.807) is 22.5 Å². The molecule has 0 saturated heterocycles. The van der Waals surface area contributed by atoms with Crippen molar-refractivity contribution in [1.82, 2.24) is 0 Å². The summed E-state index contributed by atoms with van der Waals surface area (Å²) in [5.74, 6) is 0. The number of quaternary nitrogens is 1. The minimum absolute atomic E-state index is 0.297. The van der Waals surface area contributed by atoms with Crippen LogP contribution in [0.25, 0.3) is 0 Å². The van der Waals surface area contributed by atoms with E-state index in [1.807, 2.05) is 0 Å². The van der Waals surface area contributed by atoms with Gasteiger partial charge in [0.15, 0.2) is 0 Å². The first-order chi connectivity index (χ1) is 7.84. The van der Waals surface area contributed by atoms with Crippen molar-refractivity contribution >= 4 is 11.3 Å². The Bertz CT molecular complexity index is 487. The summed E-state index contributed by atoms with van der Waals surface area (Å²) in [4.78, 5) is 1.36. The smallest absolute Gasteiger partial charge is 0.145 e. The summed E-state index contributed by atoms with van der Waals surface area (Å²) >= 11 is 1.80. The Hall–Kier alpha value is -1.12. The minimum Gasteiger partial charge on any atom is -0.347 e. The van der Waals surface area contributed by atoms with Gasteiger partial charge in [-0.05, 0) is 47.9 Å². The lowest BCUT2D eigenvalue weighted by molar-refractivity contribution is -0.410. The van der Waals surface area contributed by atoms with Crippen molar-refractivity contribution < 1.29 is 5.73 Å². The molecule has 16 heavy (non-hydrogen) atoms. The molecule has 1 nitrogen and oxygen atoms in total. The average Bonchev–Trinajstić information content (AvgIpc) is 2.98. The highest BCUT2D eigenvalue weighted by molar-refractivity contribution is 7.10. The van der Waals surface area contributed by atoms with Crippen LogP contribution in [0.1, 0.15) is 34.0 Å². The predicted octanol–water partition coefficient (Wildman–Crippen LogP) is 2.57. The number of thiophene rings is 1. The molecule has 1 aromatic heterocycles. The molecule has 1 atom stereocenters. The lowest BCUT2D eigenvalue weighted by Crippen LogP contribution is -2.53. The number of hydrogen-bond acceptors (Lipinski definition) is 1. The summed E-state index contributed by atoms with van der Waals surface area (Å²) in [6.45, 7) is 0. The van der Waals surface area contributed by atoms with Crippen molar-refractivity contribution in [3.8, 4) is 0 Å². The lowest BCUT2D eigenvalue weighted by Gasteiger charge is -2.08. The number of fused-ring (bicyclic) bond motifs is 1. The third-order valence-corrected chi connectivity index (χ3v) is 4.40. The maximum Gasteiger partial charge on any atom is 0.145 e. The summed E-state index contributed by atoms with van der Waals surface area (Å²) in [6, 6.07) is 11.5. The van der Waals surface area contributed by atoms with Gasteiger partial charge in [-0.25, -0.2) is 0 Å². The van der Waals surface area contributed by atoms with Crippen molar-refractivity contribution in [1.29, 1.82) is 0 Å². The van der Waals surface area contributed by atoms with Crippen LogP contribution in [0.3, 0.4) is 0 Å². The Morgan fingerprint density at radius 2 is 2.00 bits per heavy atom. The number of rotatable bonds is 2. The standard InChI is InChI=1S/C14H15NS/c15-14(13-5-2-8-16-13)12-7-6-10-3-1-4-11(10)9-12/h2,5-9,14H,1,3-4,15H2/p+1/t14-/m1/s1. The summed E-state index contributed by atoms with van der Waals surface area (Å²) in [7, 11) is 0. The van der Waals surface area contributed by atoms with Gasteiger partial charge < -0.3 is 5.73 Å². The van der Waals surface area contributed by atoms with Crippen molar-refractivity contribution in [2.45, 2.75) is 25.3 Å². The molecule has 0 fully saturated rings. The second kappa shape index (κ2) is 4.04. The fraction of sp³-hybridized carbons (Fsp3) is 0.286. The molecule has 1 aromatic carbocycles.